The van der Waals surface area contributed by atoms with Crippen LogP contribution in [0.1, 0.15) is 18.4 Å². The molecule has 2 saturated heterocycles. The average molecular weight is 494 g/mol. The van der Waals surface area contributed by atoms with E-state index in [9.17, 15) is 18.4 Å². The highest BCUT2D eigenvalue weighted by atomic mass is 35.5. The molecule has 2 fully saturated rings. The van der Waals surface area contributed by atoms with E-state index in [0.29, 0.717) is 13.1 Å². The molecule has 4 rings (SSSR count). The van der Waals surface area contributed by atoms with Crippen LogP contribution in [0.2, 0.25) is 5.02 Å². The molecule has 8 nitrogen and oxygen atoms in total. The van der Waals surface area contributed by atoms with Gasteiger partial charge in [-0.05, 0) is 41.8 Å². The van der Waals surface area contributed by atoms with Gasteiger partial charge in [-0.3, -0.25) is 10.0 Å². The normalized spacial score (nSPS) is 19.3. The van der Waals surface area contributed by atoms with Gasteiger partial charge in [-0.25, -0.2) is 13.9 Å². The number of nitrogens with zero attached hydrogens (tertiary/aromatic N) is 2. The SMILES string of the molecule is Cc1ccc(-c2ccc(N3CCN(S(=O)(=O)C4(C(=O)NO)CCOCC4)CC3)cc2)cc1Cl. The Morgan fingerprint density at radius 3 is 2.21 bits per heavy atom. The first kappa shape index (κ1) is 24.0. The minimum Gasteiger partial charge on any atom is -0.381 e. The summed E-state index contributed by atoms with van der Waals surface area (Å²) < 4.78 is 31.8. The Morgan fingerprint density at radius 2 is 1.64 bits per heavy atom. The first-order chi connectivity index (χ1) is 15.8. The van der Waals surface area contributed by atoms with E-state index in [2.05, 4.69) is 4.90 Å². The van der Waals surface area contributed by atoms with Crippen molar-refractivity contribution in [3.05, 3.63) is 53.1 Å². The first-order valence-electron chi connectivity index (χ1n) is 10.9. The zero-order valence-electron chi connectivity index (χ0n) is 18.5. The minimum atomic E-state index is -3.97. The smallest absolute Gasteiger partial charge is 0.266 e. The van der Waals surface area contributed by atoms with Crippen LogP contribution < -0.4 is 10.4 Å². The highest BCUT2D eigenvalue weighted by Crippen LogP contribution is 2.34. The minimum absolute atomic E-state index is 0.0203. The lowest BCUT2D eigenvalue weighted by Crippen LogP contribution is -2.62. The van der Waals surface area contributed by atoms with Gasteiger partial charge in [0.1, 0.15) is 0 Å². The summed E-state index contributed by atoms with van der Waals surface area (Å²) in [5, 5.41) is 9.93. The van der Waals surface area contributed by atoms with Gasteiger partial charge in [0.2, 0.25) is 10.0 Å². The Hall–Kier alpha value is -2.17. The number of carbonyl (C=O) groups excluding carboxylic acids is 1. The van der Waals surface area contributed by atoms with Gasteiger partial charge in [0.05, 0.1) is 0 Å². The van der Waals surface area contributed by atoms with Crippen LogP contribution >= 0.6 is 11.6 Å². The summed E-state index contributed by atoms with van der Waals surface area (Å²) in [4.78, 5) is 14.5. The van der Waals surface area contributed by atoms with E-state index in [4.69, 9.17) is 16.3 Å². The molecule has 2 N–H and O–H groups in total. The summed E-state index contributed by atoms with van der Waals surface area (Å²) in [6.45, 7) is 3.81. The molecule has 2 aromatic rings. The number of hydrogen-bond donors (Lipinski definition) is 2. The highest BCUT2D eigenvalue weighted by molar-refractivity contribution is 7.91. The van der Waals surface area contributed by atoms with Crippen LogP contribution in [0, 0.1) is 6.92 Å². The number of benzene rings is 2. The lowest BCUT2D eigenvalue weighted by Gasteiger charge is -2.42. The molecule has 2 aromatic carbocycles. The van der Waals surface area contributed by atoms with E-state index >= 15 is 0 Å². The predicted octanol–water partition coefficient (Wildman–Crippen LogP) is 2.82. The number of sulfonamides is 1. The molecule has 0 saturated carbocycles. The Bertz CT molecular complexity index is 1110. The van der Waals surface area contributed by atoms with Gasteiger partial charge < -0.3 is 9.64 Å². The number of halogens is 1. The largest absolute Gasteiger partial charge is 0.381 e. The van der Waals surface area contributed by atoms with Gasteiger partial charge in [-0.15, -0.1) is 0 Å². The number of amides is 1. The van der Waals surface area contributed by atoms with Crippen LogP contribution in [0.5, 0.6) is 0 Å². The fourth-order valence-corrected chi connectivity index (χ4v) is 6.76. The lowest BCUT2D eigenvalue weighted by atomic mass is 9.98. The van der Waals surface area contributed by atoms with Gasteiger partial charge in [0.25, 0.3) is 5.91 Å². The number of hydrogen-bond acceptors (Lipinski definition) is 6. The van der Waals surface area contributed by atoms with E-state index < -0.39 is 20.7 Å². The Morgan fingerprint density at radius 1 is 1.03 bits per heavy atom. The van der Waals surface area contributed by atoms with E-state index in [1.54, 1.807) is 5.48 Å². The Kier molecular flexibility index (Phi) is 6.97. The standard InChI is InChI=1S/C23H28ClN3O5S/c1-17-2-3-19(16-21(17)24)18-4-6-20(7-5-18)26-10-12-27(13-11-26)33(30,31)23(22(28)25-29)8-14-32-15-9-23/h2-7,16,29H,8-15H2,1H3,(H,25,28). The van der Waals surface area contributed by atoms with E-state index in [0.717, 1.165) is 27.4 Å². The number of ether oxygens (including phenoxy) is 1. The van der Waals surface area contributed by atoms with Gasteiger partial charge in [-0.2, -0.15) is 4.31 Å². The zero-order chi connectivity index (χ0) is 23.6. The fraction of sp³-hybridized carbons (Fsp3) is 0.435. The quantitative estimate of drug-likeness (QED) is 0.491. The van der Waals surface area contributed by atoms with Crippen molar-refractivity contribution in [2.45, 2.75) is 24.5 Å². The van der Waals surface area contributed by atoms with Gasteiger partial charge in [0.15, 0.2) is 4.75 Å². The third-order valence-corrected chi connectivity index (χ3v) is 9.66. The molecule has 0 spiro atoms. The molecule has 33 heavy (non-hydrogen) atoms. The summed E-state index contributed by atoms with van der Waals surface area (Å²) in [7, 11) is -3.97. The molecule has 178 valence electrons. The van der Waals surface area contributed by atoms with Crippen molar-refractivity contribution in [1.82, 2.24) is 9.79 Å². The van der Waals surface area contributed by atoms with Crippen molar-refractivity contribution in [3.63, 3.8) is 0 Å². The fourth-order valence-electron chi connectivity index (χ4n) is 4.48. The van der Waals surface area contributed by atoms with E-state index in [1.165, 1.54) is 4.31 Å². The van der Waals surface area contributed by atoms with Crippen molar-refractivity contribution in [3.8, 4) is 11.1 Å². The Labute approximate surface area is 199 Å². The van der Waals surface area contributed by atoms with E-state index in [-0.39, 0.29) is 39.1 Å². The number of anilines is 1. The van der Waals surface area contributed by atoms with Crippen molar-refractivity contribution >= 4 is 33.2 Å². The molecule has 0 unspecified atom stereocenters. The van der Waals surface area contributed by atoms with Crippen LogP contribution in [0.25, 0.3) is 11.1 Å². The van der Waals surface area contributed by atoms with Crippen molar-refractivity contribution < 1.29 is 23.2 Å². The molecule has 0 aliphatic carbocycles. The molecule has 2 heterocycles. The summed E-state index contributed by atoms with van der Waals surface area (Å²) in [6, 6.07) is 14.1. The van der Waals surface area contributed by atoms with Crippen LogP contribution in [-0.4, -0.2) is 68.0 Å². The predicted molar refractivity (Wildman–Crippen MR) is 127 cm³/mol. The van der Waals surface area contributed by atoms with Crippen molar-refractivity contribution in [1.29, 1.82) is 0 Å². The summed E-state index contributed by atoms with van der Waals surface area (Å²) in [5.74, 6) is -0.889. The first-order valence-corrected chi connectivity index (χ1v) is 12.7. The summed E-state index contributed by atoms with van der Waals surface area (Å²) >= 11 is 6.25. The molecule has 1 amide bonds. The summed E-state index contributed by atoms with van der Waals surface area (Å²) in [6.07, 6.45) is 0.0405. The molecule has 0 atom stereocenters. The molecule has 2 aliphatic heterocycles. The maximum atomic E-state index is 13.4. The van der Waals surface area contributed by atoms with Gasteiger partial charge >= 0.3 is 0 Å². The Balaban J connectivity index is 1.46. The third-order valence-electron chi connectivity index (χ3n) is 6.63. The monoisotopic (exact) mass is 493 g/mol. The number of nitrogens with one attached hydrogen (secondary N) is 1. The van der Waals surface area contributed by atoms with Crippen molar-refractivity contribution in [2.24, 2.45) is 0 Å². The van der Waals surface area contributed by atoms with E-state index in [1.807, 2.05) is 49.4 Å². The molecule has 0 bridgehead atoms. The number of carbonyl (C=O) groups is 1. The number of hydroxylamine groups is 1. The second-order valence-electron chi connectivity index (χ2n) is 8.45. The molecule has 0 aromatic heterocycles. The maximum Gasteiger partial charge on any atom is 0.266 e. The molecule has 2 aliphatic rings. The average Bonchev–Trinajstić information content (AvgIpc) is 2.85. The summed E-state index contributed by atoms with van der Waals surface area (Å²) in [5.41, 5.74) is 5.69. The topological polar surface area (TPSA) is 99.2 Å². The van der Waals surface area contributed by atoms with Crippen LogP contribution in [-0.2, 0) is 19.6 Å². The van der Waals surface area contributed by atoms with Crippen LogP contribution in [0.4, 0.5) is 5.69 Å². The van der Waals surface area contributed by atoms with Crippen LogP contribution in [0.3, 0.4) is 0 Å². The lowest BCUT2D eigenvalue weighted by molar-refractivity contribution is -0.134. The zero-order valence-corrected chi connectivity index (χ0v) is 20.0. The molecule has 0 radical (unpaired) electrons. The van der Waals surface area contributed by atoms with Crippen molar-refractivity contribution in [2.75, 3.05) is 44.3 Å². The van der Waals surface area contributed by atoms with Gasteiger partial charge in [0, 0.05) is 62.9 Å². The second-order valence-corrected chi connectivity index (χ2v) is 11.1. The third kappa shape index (κ3) is 4.48. The second kappa shape index (κ2) is 9.60. The molecular formula is C23H28ClN3O5S. The van der Waals surface area contributed by atoms with Gasteiger partial charge in [-0.1, -0.05) is 35.9 Å². The maximum absolute atomic E-state index is 13.4. The number of piperazine rings is 1. The molecule has 10 heteroatoms. The van der Waals surface area contributed by atoms with Crippen LogP contribution in [0.15, 0.2) is 42.5 Å². The number of aryl methyl sites for hydroxylation is 1. The molecular weight excluding hydrogens is 466 g/mol. The highest BCUT2D eigenvalue weighted by Gasteiger charge is 2.54. The number of rotatable bonds is 5.